The van der Waals surface area contributed by atoms with Gasteiger partial charge in [0, 0.05) is 31.0 Å². The van der Waals surface area contributed by atoms with Gasteiger partial charge in [0.05, 0.1) is 19.3 Å². The number of nitrogens with zero attached hydrogens (tertiary/aromatic N) is 3. The van der Waals surface area contributed by atoms with Crippen molar-refractivity contribution in [1.29, 1.82) is 0 Å². The van der Waals surface area contributed by atoms with Crippen molar-refractivity contribution in [3.63, 3.8) is 0 Å². The molecule has 2 heterocycles. The van der Waals surface area contributed by atoms with Crippen LogP contribution in [0, 0.1) is 6.92 Å². The summed E-state index contributed by atoms with van der Waals surface area (Å²) < 4.78 is 11.0. The summed E-state index contributed by atoms with van der Waals surface area (Å²) in [4.78, 5) is 8.83. The second kappa shape index (κ2) is 11.7. The number of methoxy groups -OCH3 is 1. The van der Waals surface area contributed by atoms with Crippen LogP contribution in [0.4, 0.5) is 5.82 Å². The number of hydrogen-bond donors (Lipinski definition) is 3. The van der Waals surface area contributed by atoms with Gasteiger partial charge in [-0.15, -0.1) is 12.4 Å². The van der Waals surface area contributed by atoms with Crippen molar-refractivity contribution < 1.29 is 19.5 Å². The molecule has 1 unspecified atom stereocenters. The fourth-order valence-corrected chi connectivity index (χ4v) is 3.52. The van der Waals surface area contributed by atoms with Gasteiger partial charge >= 0.3 is 0 Å². The highest BCUT2D eigenvalue weighted by Crippen LogP contribution is 2.31. The van der Waals surface area contributed by atoms with Crippen molar-refractivity contribution in [2.24, 2.45) is 0 Å². The molecule has 0 amide bonds. The predicted molar refractivity (Wildman–Crippen MR) is 133 cm³/mol. The Morgan fingerprint density at radius 1 is 1.06 bits per heavy atom. The Kier molecular flexibility index (Phi) is 8.72. The molecule has 0 spiro atoms. The Labute approximate surface area is 204 Å². The van der Waals surface area contributed by atoms with Gasteiger partial charge in [-0.25, -0.2) is 4.98 Å². The van der Waals surface area contributed by atoms with Gasteiger partial charge < -0.3 is 24.8 Å². The van der Waals surface area contributed by atoms with E-state index < -0.39 is 6.10 Å². The summed E-state index contributed by atoms with van der Waals surface area (Å²) in [6.07, 6.45) is 0.784. The smallest absolute Gasteiger partial charge is 0.258 e. The third-order valence-corrected chi connectivity index (χ3v) is 5.26. The zero-order valence-corrected chi connectivity index (χ0v) is 19.7. The third kappa shape index (κ3) is 5.78. The average molecular weight is 483 g/mol. The van der Waals surface area contributed by atoms with E-state index in [9.17, 15) is 5.11 Å². The van der Waals surface area contributed by atoms with E-state index in [2.05, 4.69) is 45.6 Å². The predicted octanol–water partition coefficient (Wildman–Crippen LogP) is 4.11. The maximum absolute atomic E-state index is 9.43. The highest BCUT2D eigenvalue weighted by molar-refractivity contribution is 5.85. The number of nitrogens with one attached hydrogen (secondary N) is 1. The van der Waals surface area contributed by atoms with Gasteiger partial charge in [-0.3, -0.25) is 0 Å². The number of aliphatic hydroxyl groups is 2. The molecule has 0 aliphatic rings. The van der Waals surface area contributed by atoms with Crippen LogP contribution >= 0.6 is 12.4 Å². The molecule has 1 atom stereocenters. The molecule has 0 saturated carbocycles. The van der Waals surface area contributed by atoms with Gasteiger partial charge in [-0.1, -0.05) is 35.5 Å². The van der Waals surface area contributed by atoms with Gasteiger partial charge in [0.15, 0.2) is 0 Å². The largest absolute Gasteiger partial charge is 0.394 e. The molecule has 0 radical (unpaired) electrons. The highest BCUT2D eigenvalue weighted by Gasteiger charge is 2.15. The molecule has 0 aliphatic carbocycles. The molecule has 2 aromatic carbocycles. The van der Waals surface area contributed by atoms with E-state index >= 15 is 0 Å². The van der Waals surface area contributed by atoms with E-state index in [4.69, 9.17) is 14.4 Å². The van der Waals surface area contributed by atoms with Gasteiger partial charge in [-0.05, 0) is 53.4 Å². The van der Waals surface area contributed by atoms with E-state index in [-0.39, 0.29) is 25.6 Å². The number of aromatic nitrogens is 3. The van der Waals surface area contributed by atoms with E-state index in [1.54, 1.807) is 19.4 Å². The Morgan fingerprint density at radius 2 is 1.85 bits per heavy atom. The molecule has 2 aromatic heterocycles. The monoisotopic (exact) mass is 482 g/mol. The number of pyridine rings is 1. The van der Waals surface area contributed by atoms with Crippen molar-refractivity contribution in [1.82, 2.24) is 15.1 Å². The summed E-state index contributed by atoms with van der Waals surface area (Å²) in [7, 11) is 1.68. The van der Waals surface area contributed by atoms with Crippen LogP contribution in [0.1, 0.15) is 11.1 Å². The van der Waals surface area contributed by atoms with Crippen LogP contribution in [0.25, 0.3) is 34.0 Å². The van der Waals surface area contributed by atoms with Crippen LogP contribution in [0.5, 0.6) is 0 Å². The Balaban J connectivity index is 0.00000324. The maximum Gasteiger partial charge on any atom is 0.258 e. The molecule has 0 saturated heterocycles. The number of rotatable bonds is 9. The number of ether oxygens (including phenoxy) is 1. The fourth-order valence-electron chi connectivity index (χ4n) is 3.52. The van der Waals surface area contributed by atoms with Gasteiger partial charge in [0.1, 0.15) is 5.82 Å². The van der Waals surface area contributed by atoms with Crippen LogP contribution in [-0.4, -0.2) is 51.7 Å². The Hall–Kier alpha value is -3.30. The van der Waals surface area contributed by atoms with E-state index in [0.29, 0.717) is 29.7 Å². The number of hydrogen-bond acceptors (Lipinski definition) is 8. The van der Waals surface area contributed by atoms with Crippen molar-refractivity contribution >= 4 is 18.2 Å². The number of halogens is 1. The summed E-state index contributed by atoms with van der Waals surface area (Å²) in [6.45, 7) is 2.45. The van der Waals surface area contributed by atoms with Crippen molar-refractivity contribution in [3.05, 3.63) is 71.9 Å². The van der Waals surface area contributed by atoms with E-state index in [1.165, 1.54) is 5.56 Å². The van der Waals surface area contributed by atoms with Crippen LogP contribution in [0.2, 0.25) is 0 Å². The van der Waals surface area contributed by atoms with Crippen LogP contribution in [0.3, 0.4) is 0 Å². The molecule has 8 nitrogen and oxygen atoms in total. The molecule has 9 heteroatoms. The minimum Gasteiger partial charge on any atom is -0.394 e. The topological polar surface area (TPSA) is 114 Å². The number of benzene rings is 2. The molecule has 0 bridgehead atoms. The average Bonchev–Trinajstić information content (AvgIpc) is 3.34. The first-order valence-corrected chi connectivity index (χ1v) is 10.6. The molecule has 34 heavy (non-hydrogen) atoms. The number of anilines is 1. The molecular formula is C25H27ClN4O4. The lowest BCUT2D eigenvalue weighted by Crippen LogP contribution is -2.23. The van der Waals surface area contributed by atoms with Crippen molar-refractivity contribution in [2.45, 2.75) is 19.6 Å². The molecule has 178 valence electrons. The molecule has 3 N–H and O–H groups in total. The fraction of sp³-hybridized carbons (Fsp3) is 0.240. The number of aliphatic hydroxyl groups excluding tert-OH is 2. The Morgan fingerprint density at radius 3 is 2.56 bits per heavy atom. The van der Waals surface area contributed by atoms with Gasteiger partial charge in [0.2, 0.25) is 5.82 Å². The lowest BCUT2D eigenvalue weighted by atomic mass is 9.94. The molecular weight excluding hydrogens is 456 g/mol. The molecule has 4 rings (SSSR count). The summed E-state index contributed by atoms with van der Waals surface area (Å²) in [5.41, 5.74) is 6.00. The van der Waals surface area contributed by atoms with Gasteiger partial charge in [-0.2, -0.15) is 4.98 Å². The highest BCUT2D eigenvalue weighted by atomic mass is 35.5. The minimum atomic E-state index is -0.841. The van der Waals surface area contributed by atoms with E-state index in [1.807, 2.05) is 30.3 Å². The minimum absolute atomic E-state index is 0. The zero-order chi connectivity index (χ0) is 23.2. The first kappa shape index (κ1) is 25.3. The standard InChI is InChI=1S/C25H26N4O4.ClH/c1-16-5-3-4-6-21(16)22-9-7-17(11-19(22)15-32-2)25-28-24(29-33-25)18-8-10-23(26-12-18)27-13-20(31)14-30;/h3-12,20,30-31H,13-15H2,1-2H3,(H,26,27);1H. The first-order valence-electron chi connectivity index (χ1n) is 10.6. The number of aryl methyl sites for hydroxylation is 1. The molecule has 4 aromatic rings. The maximum atomic E-state index is 9.43. The normalized spacial score (nSPS) is 11.6. The van der Waals surface area contributed by atoms with Gasteiger partial charge in [0.25, 0.3) is 5.89 Å². The first-order chi connectivity index (χ1) is 16.1. The van der Waals surface area contributed by atoms with Crippen molar-refractivity contribution in [3.8, 4) is 34.0 Å². The third-order valence-electron chi connectivity index (χ3n) is 5.26. The van der Waals surface area contributed by atoms with Crippen molar-refractivity contribution in [2.75, 3.05) is 25.6 Å². The lowest BCUT2D eigenvalue weighted by molar-refractivity contribution is 0.105. The van der Waals surface area contributed by atoms with Crippen LogP contribution in [0.15, 0.2) is 65.3 Å². The summed E-state index contributed by atoms with van der Waals surface area (Å²) in [5, 5.41) is 25.4. The summed E-state index contributed by atoms with van der Waals surface area (Å²) >= 11 is 0. The zero-order valence-electron chi connectivity index (χ0n) is 18.9. The summed E-state index contributed by atoms with van der Waals surface area (Å²) in [6, 6.07) is 17.9. The molecule has 0 aliphatic heterocycles. The molecule has 0 fully saturated rings. The Bertz CT molecular complexity index is 1210. The summed E-state index contributed by atoms with van der Waals surface area (Å²) in [5.74, 6) is 1.41. The quantitative estimate of drug-likeness (QED) is 0.326. The second-order valence-electron chi connectivity index (χ2n) is 7.69. The SMILES string of the molecule is COCc1cc(-c2nc(-c3ccc(NCC(O)CO)nc3)no2)ccc1-c1ccccc1C.Cl. The van der Waals surface area contributed by atoms with Crippen LogP contribution in [-0.2, 0) is 11.3 Å². The lowest BCUT2D eigenvalue weighted by Gasteiger charge is -2.12. The second-order valence-corrected chi connectivity index (χ2v) is 7.69. The van der Waals surface area contributed by atoms with Crippen LogP contribution < -0.4 is 5.32 Å². The van der Waals surface area contributed by atoms with E-state index in [0.717, 1.165) is 22.3 Å².